The summed E-state index contributed by atoms with van der Waals surface area (Å²) in [6.45, 7) is 3.10. The third-order valence-corrected chi connectivity index (χ3v) is 6.01. The monoisotopic (exact) mass is 434 g/mol. The van der Waals surface area contributed by atoms with Gasteiger partial charge in [-0.1, -0.05) is 5.16 Å². The van der Waals surface area contributed by atoms with Crippen molar-refractivity contribution in [2.45, 2.75) is 51.0 Å². The Morgan fingerprint density at radius 1 is 1.32 bits per heavy atom. The lowest BCUT2D eigenvalue weighted by Crippen LogP contribution is -2.56. The predicted octanol–water partition coefficient (Wildman–Crippen LogP) is 2.47. The molecule has 1 unspecified atom stereocenters. The number of aryl methyl sites for hydroxylation is 1. The lowest BCUT2D eigenvalue weighted by Gasteiger charge is -2.39. The summed E-state index contributed by atoms with van der Waals surface area (Å²) in [4.78, 5) is 27.4. The number of halogens is 2. The van der Waals surface area contributed by atoms with Gasteiger partial charge in [-0.05, 0) is 44.4 Å². The molecular formula is C20H24F2N6O3. The Kier molecular flexibility index (Phi) is 4.60. The summed E-state index contributed by atoms with van der Waals surface area (Å²) >= 11 is 0. The molecule has 2 aliphatic carbocycles. The summed E-state index contributed by atoms with van der Waals surface area (Å²) in [5, 5.41) is 6.98. The van der Waals surface area contributed by atoms with Crippen molar-refractivity contribution in [1.82, 2.24) is 25.4 Å². The highest BCUT2D eigenvalue weighted by Crippen LogP contribution is 2.45. The van der Waals surface area contributed by atoms with Gasteiger partial charge in [-0.15, -0.1) is 0 Å². The molecule has 3 heterocycles. The van der Waals surface area contributed by atoms with E-state index in [-0.39, 0.29) is 23.3 Å². The van der Waals surface area contributed by atoms with Gasteiger partial charge in [-0.25, -0.2) is 18.7 Å². The summed E-state index contributed by atoms with van der Waals surface area (Å²) in [5.41, 5.74) is -0.752. The summed E-state index contributed by atoms with van der Waals surface area (Å²) in [5.74, 6) is -1.40. The van der Waals surface area contributed by atoms with Crippen molar-refractivity contribution >= 4 is 11.7 Å². The molecule has 166 valence electrons. The summed E-state index contributed by atoms with van der Waals surface area (Å²) in [7, 11) is 0. The van der Waals surface area contributed by atoms with Gasteiger partial charge in [0, 0.05) is 6.92 Å². The molecule has 2 saturated carbocycles. The molecule has 3 aliphatic rings. The number of carbonyl (C=O) groups excluding carboxylic acids is 1. The van der Waals surface area contributed by atoms with E-state index in [1.54, 1.807) is 6.92 Å². The SMILES string of the molecule is Cc1nc(C(C)(NC(=O)c2cnc(N3CC(F)(F)C3)c(OCC3CC3)n2)C2CC2)no1. The van der Waals surface area contributed by atoms with Gasteiger partial charge in [0.2, 0.25) is 5.89 Å². The van der Waals surface area contributed by atoms with E-state index in [0.717, 1.165) is 25.7 Å². The highest BCUT2D eigenvalue weighted by molar-refractivity contribution is 5.93. The third-order valence-electron chi connectivity index (χ3n) is 6.01. The van der Waals surface area contributed by atoms with Crippen molar-refractivity contribution in [3.63, 3.8) is 0 Å². The van der Waals surface area contributed by atoms with Gasteiger partial charge in [0.15, 0.2) is 17.3 Å². The number of hydrogen-bond donors (Lipinski definition) is 1. The van der Waals surface area contributed by atoms with Crippen molar-refractivity contribution in [2.24, 2.45) is 11.8 Å². The first kappa shape index (κ1) is 20.1. The van der Waals surface area contributed by atoms with Crippen LogP contribution in [0.5, 0.6) is 5.88 Å². The minimum Gasteiger partial charge on any atom is -0.475 e. The molecule has 3 fully saturated rings. The smallest absolute Gasteiger partial charge is 0.282 e. The van der Waals surface area contributed by atoms with E-state index in [2.05, 4.69) is 25.4 Å². The van der Waals surface area contributed by atoms with E-state index in [4.69, 9.17) is 9.26 Å². The molecule has 1 amide bonds. The zero-order valence-corrected chi connectivity index (χ0v) is 17.4. The van der Waals surface area contributed by atoms with Gasteiger partial charge < -0.3 is 19.5 Å². The summed E-state index contributed by atoms with van der Waals surface area (Å²) in [6, 6.07) is 0. The largest absolute Gasteiger partial charge is 0.475 e. The Morgan fingerprint density at radius 3 is 2.65 bits per heavy atom. The zero-order chi connectivity index (χ0) is 21.8. The molecule has 1 N–H and O–H groups in total. The van der Waals surface area contributed by atoms with Crippen LogP contribution >= 0.6 is 0 Å². The fraction of sp³-hybridized carbons (Fsp3) is 0.650. The predicted molar refractivity (Wildman–Crippen MR) is 104 cm³/mol. The van der Waals surface area contributed by atoms with E-state index >= 15 is 0 Å². The van der Waals surface area contributed by atoms with E-state index in [9.17, 15) is 13.6 Å². The molecule has 31 heavy (non-hydrogen) atoms. The van der Waals surface area contributed by atoms with Gasteiger partial charge in [0.25, 0.3) is 17.7 Å². The van der Waals surface area contributed by atoms with Crippen molar-refractivity contribution in [3.8, 4) is 5.88 Å². The molecule has 0 aromatic carbocycles. The number of aromatic nitrogens is 4. The lowest BCUT2D eigenvalue weighted by atomic mass is 9.94. The normalized spacial score (nSPS) is 21.9. The van der Waals surface area contributed by atoms with Crippen LogP contribution in [-0.2, 0) is 5.54 Å². The maximum atomic E-state index is 13.4. The molecule has 5 rings (SSSR count). The van der Waals surface area contributed by atoms with E-state index in [0.29, 0.717) is 24.2 Å². The molecular weight excluding hydrogens is 410 g/mol. The number of anilines is 1. The number of hydrogen-bond acceptors (Lipinski definition) is 8. The number of alkyl halides is 2. The number of nitrogens with one attached hydrogen (secondary N) is 1. The van der Waals surface area contributed by atoms with Crippen molar-refractivity contribution in [1.29, 1.82) is 0 Å². The van der Waals surface area contributed by atoms with Crippen LogP contribution in [0.25, 0.3) is 0 Å². The first-order valence-corrected chi connectivity index (χ1v) is 10.5. The molecule has 0 radical (unpaired) electrons. The number of ether oxygens (including phenoxy) is 1. The fourth-order valence-electron chi connectivity index (χ4n) is 3.74. The van der Waals surface area contributed by atoms with Crippen LogP contribution in [0.3, 0.4) is 0 Å². The number of amides is 1. The van der Waals surface area contributed by atoms with Crippen LogP contribution in [0.1, 0.15) is 54.8 Å². The first-order valence-electron chi connectivity index (χ1n) is 10.5. The Hall–Kier alpha value is -2.85. The van der Waals surface area contributed by atoms with Gasteiger partial charge in [-0.3, -0.25) is 4.79 Å². The van der Waals surface area contributed by atoms with Crippen molar-refractivity contribution in [2.75, 3.05) is 24.6 Å². The highest BCUT2D eigenvalue weighted by Gasteiger charge is 2.48. The first-order chi connectivity index (χ1) is 14.7. The van der Waals surface area contributed by atoms with E-state index in [1.165, 1.54) is 11.1 Å². The fourth-order valence-corrected chi connectivity index (χ4v) is 3.74. The topological polar surface area (TPSA) is 106 Å². The van der Waals surface area contributed by atoms with Gasteiger partial charge in [0.1, 0.15) is 5.54 Å². The molecule has 0 bridgehead atoms. The van der Waals surface area contributed by atoms with Crippen LogP contribution in [0.2, 0.25) is 0 Å². The maximum absolute atomic E-state index is 13.4. The van der Waals surface area contributed by atoms with Gasteiger partial charge >= 0.3 is 0 Å². The van der Waals surface area contributed by atoms with Crippen molar-refractivity contribution < 1.29 is 22.8 Å². The van der Waals surface area contributed by atoms with Crippen molar-refractivity contribution in [3.05, 3.63) is 23.6 Å². The molecule has 11 heteroatoms. The maximum Gasteiger partial charge on any atom is 0.282 e. The third kappa shape index (κ3) is 4.05. The van der Waals surface area contributed by atoms with Crippen LogP contribution < -0.4 is 15.0 Å². The number of rotatable bonds is 8. The Balaban J connectivity index is 1.38. The van der Waals surface area contributed by atoms with Gasteiger partial charge in [-0.2, -0.15) is 4.98 Å². The molecule has 9 nitrogen and oxygen atoms in total. The van der Waals surface area contributed by atoms with Crippen LogP contribution in [0, 0.1) is 18.8 Å². The molecule has 2 aromatic rings. The van der Waals surface area contributed by atoms with Crippen LogP contribution in [0.15, 0.2) is 10.7 Å². The Morgan fingerprint density at radius 2 is 2.06 bits per heavy atom. The lowest BCUT2D eigenvalue weighted by molar-refractivity contribution is -0.0270. The quantitative estimate of drug-likeness (QED) is 0.675. The molecule has 2 aromatic heterocycles. The summed E-state index contributed by atoms with van der Waals surface area (Å²) in [6.07, 6.45) is 5.30. The van der Waals surface area contributed by atoms with Crippen LogP contribution in [-0.4, -0.2) is 51.6 Å². The summed E-state index contributed by atoms with van der Waals surface area (Å²) < 4.78 is 37.6. The molecule has 1 aliphatic heterocycles. The molecule has 1 saturated heterocycles. The average Bonchev–Trinajstić information content (AvgIpc) is 3.62. The minimum atomic E-state index is -2.75. The van der Waals surface area contributed by atoms with E-state index < -0.39 is 30.5 Å². The second-order valence-electron chi connectivity index (χ2n) is 8.92. The second-order valence-corrected chi connectivity index (χ2v) is 8.92. The minimum absolute atomic E-state index is 0.0499. The average molecular weight is 434 g/mol. The van der Waals surface area contributed by atoms with Crippen LogP contribution in [0.4, 0.5) is 14.6 Å². The number of carbonyl (C=O) groups is 1. The Labute approximate surface area is 177 Å². The number of nitrogens with zero attached hydrogens (tertiary/aromatic N) is 5. The standard InChI is InChI=1S/C20H24F2N6O3/c1-11-24-18(27-31-11)19(2,13-5-6-13)26-16(29)14-7-23-15(28-9-20(21,22)10-28)17(25-14)30-8-12-3-4-12/h7,12-13H,3-6,8-10H2,1-2H3,(H,26,29). The molecule has 1 atom stereocenters. The zero-order valence-electron chi connectivity index (χ0n) is 17.4. The van der Waals surface area contributed by atoms with E-state index in [1.807, 2.05) is 6.92 Å². The second kappa shape index (κ2) is 7.10. The van der Waals surface area contributed by atoms with Gasteiger partial charge in [0.05, 0.1) is 25.9 Å². The molecule has 0 spiro atoms. The Bertz CT molecular complexity index is 999. The highest BCUT2D eigenvalue weighted by atomic mass is 19.3.